The predicted octanol–water partition coefficient (Wildman–Crippen LogP) is 1.26. The average Bonchev–Trinajstić information content (AvgIpc) is 2.37. The van der Waals surface area contributed by atoms with Crippen molar-refractivity contribution in [3.05, 3.63) is 24.3 Å². The fourth-order valence-corrected chi connectivity index (χ4v) is 1.97. The molecule has 0 spiro atoms. The number of nitrogens with one attached hydrogen (secondary N) is 2. The molecule has 5 heteroatoms. The molecule has 1 aromatic carbocycles. The lowest BCUT2D eigenvalue weighted by Gasteiger charge is -2.38. The number of hydrogen-bond acceptors (Lipinski definition) is 4. The normalized spacial score (nSPS) is 16.5. The predicted molar refractivity (Wildman–Crippen MR) is 73.4 cm³/mol. The van der Waals surface area contributed by atoms with Crippen molar-refractivity contribution in [3.63, 3.8) is 0 Å². The Balaban J connectivity index is 1.77. The fraction of sp³-hybridized carbons (Fsp3) is 0.500. The molecule has 0 atom stereocenters. The largest absolute Gasteiger partial charge is 0.495 e. The number of para-hydroxylation sites is 2. The van der Waals surface area contributed by atoms with Gasteiger partial charge in [-0.15, -0.1) is 0 Å². The zero-order valence-corrected chi connectivity index (χ0v) is 11.4. The summed E-state index contributed by atoms with van der Waals surface area (Å²) in [6.07, 6.45) is 0. The van der Waals surface area contributed by atoms with Crippen LogP contribution in [0.25, 0.3) is 0 Å². The van der Waals surface area contributed by atoms with E-state index in [0.717, 1.165) is 19.8 Å². The molecule has 1 aliphatic heterocycles. The molecule has 0 aromatic heterocycles. The van der Waals surface area contributed by atoms with Crippen LogP contribution in [0.2, 0.25) is 0 Å². The molecule has 1 heterocycles. The molecule has 1 aromatic rings. The van der Waals surface area contributed by atoms with Gasteiger partial charge in [0.1, 0.15) is 5.75 Å². The molecule has 19 heavy (non-hydrogen) atoms. The maximum atomic E-state index is 11.8. The lowest BCUT2D eigenvalue weighted by molar-refractivity contribution is -0.117. The first-order chi connectivity index (χ1) is 9.13. The van der Waals surface area contributed by atoms with Crippen molar-refractivity contribution in [1.29, 1.82) is 0 Å². The van der Waals surface area contributed by atoms with Gasteiger partial charge in [0.05, 0.1) is 32.6 Å². The number of methoxy groups -OCH3 is 1. The number of carbonyl (C=O) groups is 1. The van der Waals surface area contributed by atoms with E-state index in [1.54, 1.807) is 7.11 Å². The van der Waals surface area contributed by atoms with E-state index in [0.29, 0.717) is 11.4 Å². The van der Waals surface area contributed by atoms with Crippen LogP contribution in [0.1, 0.15) is 6.92 Å². The smallest absolute Gasteiger partial charge is 0.238 e. The Kier molecular flexibility index (Phi) is 4.39. The van der Waals surface area contributed by atoms with E-state index in [4.69, 9.17) is 9.47 Å². The maximum Gasteiger partial charge on any atom is 0.238 e. The first-order valence-electron chi connectivity index (χ1n) is 6.34. The summed E-state index contributed by atoms with van der Waals surface area (Å²) in [6, 6.07) is 7.36. The Hall–Kier alpha value is -1.59. The summed E-state index contributed by atoms with van der Waals surface area (Å²) in [5, 5.41) is 5.98. The van der Waals surface area contributed by atoms with Crippen molar-refractivity contribution >= 4 is 11.6 Å². The van der Waals surface area contributed by atoms with Gasteiger partial charge in [-0.2, -0.15) is 0 Å². The fourth-order valence-electron chi connectivity index (χ4n) is 1.97. The maximum absolute atomic E-state index is 11.8. The van der Waals surface area contributed by atoms with Gasteiger partial charge in [0.25, 0.3) is 0 Å². The summed E-state index contributed by atoms with van der Waals surface area (Å²) in [7, 11) is 1.58. The molecule has 1 aliphatic rings. The third kappa shape index (κ3) is 3.68. The monoisotopic (exact) mass is 264 g/mol. The summed E-state index contributed by atoms with van der Waals surface area (Å²) in [6.45, 7) is 4.73. The van der Waals surface area contributed by atoms with Gasteiger partial charge in [-0.1, -0.05) is 19.1 Å². The van der Waals surface area contributed by atoms with Gasteiger partial charge >= 0.3 is 0 Å². The minimum atomic E-state index is -0.0756. The number of rotatable bonds is 6. The molecule has 5 nitrogen and oxygen atoms in total. The molecule has 1 saturated heterocycles. The summed E-state index contributed by atoms with van der Waals surface area (Å²) >= 11 is 0. The molecule has 1 amide bonds. The van der Waals surface area contributed by atoms with Crippen molar-refractivity contribution < 1.29 is 14.3 Å². The second-order valence-electron chi connectivity index (χ2n) is 5.16. The molecule has 2 rings (SSSR count). The van der Waals surface area contributed by atoms with Crippen molar-refractivity contribution in [3.8, 4) is 5.75 Å². The van der Waals surface area contributed by atoms with E-state index in [1.165, 1.54) is 0 Å². The van der Waals surface area contributed by atoms with Crippen LogP contribution in [0.15, 0.2) is 24.3 Å². The first kappa shape index (κ1) is 13.8. The van der Waals surface area contributed by atoms with Gasteiger partial charge in [-0.05, 0) is 12.1 Å². The van der Waals surface area contributed by atoms with E-state index in [1.807, 2.05) is 24.3 Å². The zero-order valence-electron chi connectivity index (χ0n) is 11.4. The number of ether oxygens (including phenoxy) is 2. The average molecular weight is 264 g/mol. The van der Waals surface area contributed by atoms with Gasteiger partial charge in [0.15, 0.2) is 0 Å². The van der Waals surface area contributed by atoms with Crippen LogP contribution in [0.4, 0.5) is 5.69 Å². The van der Waals surface area contributed by atoms with Crippen molar-refractivity contribution in [2.75, 3.05) is 38.7 Å². The third-order valence-electron chi connectivity index (χ3n) is 3.12. The lowest BCUT2D eigenvalue weighted by atomic mass is 9.89. The molecule has 1 fully saturated rings. The Bertz CT molecular complexity index is 444. The van der Waals surface area contributed by atoms with E-state index in [2.05, 4.69) is 17.6 Å². The number of benzene rings is 1. The van der Waals surface area contributed by atoms with Crippen LogP contribution in [0.5, 0.6) is 5.75 Å². The minimum absolute atomic E-state index is 0.0756. The Morgan fingerprint density at radius 1 is 1.42 bits per heavy atom. The molecule has 0 saturated carbocycles. The second kappa shape index (κ2) is 6.04. The van der Waals surface area contributed by atoms with E-state index in [-0.39, 0.29) is 17.9 Å². The standard InChI is InChI=1S/C14H20N2O3/c1-14(9-19-10-14)8-15-7-13(17)16-11-5-3-4-6-12(11)18-2/h3-6,15H,7-10H2,1-2H3,(H,16,17). The highest BCUT2D eigenvalue weighted by molar-refractivity contribution is 5.93. The topological polar surface area (TPSA) is 59.6 Å². The van der Waals surface area contributed by atoms with Crippen LogP contribution in [-0.2, 0) is 9.53 Å². The number of amides is 1. The van der Waals surface area contributed by atoms with Crippen LogP contribution in [-0.4, -0.2) is 39.3 Å². The highest BCUT2D eigenvalue weighted by Gasteiger charge is 2.32. The van der Waals surface area contributed by atoms with E-state index < -0.39 is 0 Å². The molecule has 0 bridgehead atoms. The summed E-state index contributed by atoms with van der Waals surface area (Å²) < 4.78 is 10.3. The van der Waals surface area contributed by atoms with Gasteiger partial charge < -0.3 is 20.1 Å². The van der Waals surface area contributed by atoms with Crippen molar-refractivity contribution in [1.82, 2.24) is 5.32 Å². The SMILES string of the molecule is COc1ccccc1NC(=O)CNCC1(C)COC1. The minimum Gasteiger partial charge on any atom is -0.495 e. The summed E-state index contributed by atoms with van der Waals surface area (Å²) in [5.41, 5.74) is 0.861. The first-order valence-corrected chi connectivity index (χ1v) is 6.34. The number of hydrogen-bond donors (Lipinski definition) is 2. The van der Waals surface area contributed by atoms with E-state index in [9.17, 15) is 4.79 Å². The van der Waals surface area contributed by atoms with Crippen molar-refractivity contribution in [2.45, 2.75) is 6.92 Å². The van der Waals surface area contributed by atoms with Gasteiger partial charge in [-0.25, -0.2) is 0 Å². The molecular formula is C14H20N2O3. The summed E-state index contributed by atoms with van der Waals surface area (Å²) in [4.78, 5) is 11.8. The van der Waals surface area contributed by atoms with Gasteiger partial charge in [-0.3, -0.25) is 4.79 Å². The van der Waals surface area contributed by atoms with E-state index >= 15 is 0 Å². The summed E-state index contributed by atoms with van der Waals surface area (Å²) in [5.74, 6) is 0.587. The Morgan fingerprint density at radius 3 is 2.79 bits per heavy atom. The highest BCUT2D eigenvalue weighted by atomic mass is 16.5. The van der Waals surface area contributed by atoms with Crippen LogP contribution < -0.4 is 15.4 Å². The molecule has 0 unspecified atom stereocenters. The zero-order chi connectivity index (χ0) is 13.7. The quantitative estimate of drug-likeness (QED) is 0.812. The molecule has 0 radical (unpaired) electrons. The number of carbonyl (C=O) groups excluding carboxylic acids is 1. The molecule has 0 aliphatic carbocycles. The Labute approximate surface area is 113 Å². The lowest BCUT2D eigenvalue weighted by Crippen LogP contribution is -2.48. The molecule has 2 N–H and O–H groups in total. The van der Waals surface area contributed by atoms with Gasteiger partial charge in [0.2, 0.25) is 5.91 Å². The molecular weight excluding hydrogens is 244 g/mol. The Morgan fingerprint density at radius 2 is 2.16 bits per heavy atom. The van der Waals surface area contributed by atoms with Crippen LogP contribution >= 0.6 is 0 Å². The second-order valence-corrected chi connectivity index (χ2v) is 5.16. The van der Waals surface area contributed by atoms with Crippen molar-refractivity contribution in [2.24, 2.45) is 5.41 Å². The van der Waals surface area contributed by atoms with Gasteiger partial charge in [0, 0.05) is 12.0 Å². The third-order valence-corrected chi connectivity index (χ3v) is 3.12. The highest BCUT2D eigenvalue weighted by Crippen LogP contribution is 2.25. The van der Waals surface area contributed by atoms with Crippen LogP contribution in [0.3, 0.4) is 0 Å². The van der Waals surface area contributed by atoms with Crippen LogP contribution in [0, 0.1) is 5.41 Å². The number of anilines is 1. The molecule has 104 valence electrons.